The number of carbonyl (C=O) groups excluding carboxylic acids is 2. The van der Waals surface area contributed by atoms with Crippen LogP contribution >= 0.6 is 11.6 Å². The fourth-order valence-electron chi connectivity index (χ4n) is 2.39. The van der Waals surface area contributed by atoms with E-state index < -0.39 is 0 Å². The van der Waals surface area contributed by atoms with E-state index in [0.717, 1.165) is 0 Å². The Kier molecular flexibility index (Phi) is 4.73. The molecule has 2 amide bonds. The normalized spacial score (nSPS) is 18.2. The largest absolute Gasteiger partial charge is 0.495 e. The highest BCUT2D eigenvalue weighted by molar-refractivity contribution is 6.31. The molecular formula is C15H19ClN2O3. The second-order valence-corrected chi connectivity index (χ2v) is 5.82. The molecule has 0 radical (unpaired) electrons. The summed E-state index contributed by atoms with van der Waals surface area (Å²) in [5.74, 6) is 0.0302. The summed E-state index contributed by atoms with van der Waals surface area (Å²) in [7, 11) is 1.54. The van der Waals surface area contributed by atoms with Crippen LogP contribution in [0.25, 0.3) is 0 Å². The van der Waals surface area contributed by atoms with Crippen molar-refractivity contribution in [3.05, 3.63) is 23.2 Å². The number of carbonyl (C=O) groups is 2. The lowest BCUT2D eigenvalue weighted by Crippen LogP contribution is -2.37. The molecule has 0 aliphatic carbocycles. The summed E-state index contributed by atoms with van der Waals surface area (Å²) >= 11 is 5.99. The number of nitrogens with zero attached hydrogens (tertiary/aromatic N) is 1. The van der Waals surface area contributed by atoms with E-state index in [4.69, 9.17) is 16.3 Å². The van der Waals surface area contributed by atoms with E-state index in [9.17, 15) is 9.59 Å². The Labute approximate surface area is 129 Å². The van der Waals surface area contributed by atoms with Gasteiger partial charge in [-0.15, -0.1) is 0 Å². The van der Waals surface area contributed by atoms with Gasteiger partial charge in [-0.2, -0.15) is 0 Å². The number of anilines is 1. The predicted molar refractivity (Wildman–Crippen MR) is 81.7 cm³/mol. The van der Waals surface area contributed by atoms with Gasteiger partial charge in [0, 0.05) is 24.0 Å². The molecule has 5 nitrogen and oxygen atoms in total. The van der Waals surface area contributed by atoms with E-state index in [1.54, 1.807) is 23.1 Å². The van der Waals surface area contributed by atoms with Crippen molar-refractivity contribution >= 4 is 29.1 Å². The summed E-state index contributed by atoms with van der Waals surface area (Å²) < 4.78 is 5.27. The molecule has 0 bridgehead atoms. The van der Waals surface area contributed by atoms with Crippen LogP contribution in [-0.4, -0.2) is 31.5 Å². The van der Waals surface area contributed by atoms with Crippen molar-refractivity contribution in [2.45, 2.75) is 26.3 Å². The number of amides is 2. The zero-order valence-corrected chi connectivity index (χ0v) is 13.1. The number of ether oxygens (including phenoxy) is 1. The molecule has 1 heterocycles. The first-order valence-corrected chi connectivity index (χ1v) is 7.24. The van der Waals surface area contributed by atoms with Crippen LogP contribution in [0.4, 0.5) is 5.69 Å². The van der Waals surface area contributed by atoms with Gasteiger partial charge in [0.05, 0.1) is 18.7 Å². The zero-order chi connectivity index (χ0) is 15.6. The van der Waals surface area contributed by atoms with Crippen molar-refractivity contribution in [3.8, 4) is 5.75 Å². The first-order valence-electron chi connectivity index (χ1n) is 6.86. The van der Waals surface area contributed by atoms with E-state index in [1.807, 2.05) is 13.8 Å². The van der Waals surface area contributed by atoms with Crippen LogP contribution in [0.3, 0.4) is 0 Å². The third-order valence-electron chi connectivity index (χ3n) is 3.36. The fraction of sp³-hybridized carbons (Fsp3) is 0.467. The molecule has 114 valence electrons. The molecule has 1 aromatic carbocycles. The number of hydrogen-bond acceptors (Lipinski definition) is 3. The minimum absolute atomic E-state index is 0.0577. The summed E-state index contributed by atoms with van der Waals surface area (Å²) in [6.45, 7) is 4.13. The van der Waals surface area contributed by atoms with Crippen LogP contribution < -0.4 is 15.0 Å². The van der Waals surface area contributed by atoms with Crippen LogP contribution in [0.15, 0.2) is 18.2 Å². The van der Waals surface area contributed by atoms with Gasteiger partial charge in [-0.1, -0.05) is 11.6 Å². The Balaban J connectivity index is 2.21. The van der Waals surface area contributed by atoms with Gasteiger partial charge in [-0.25, -0.2) is 0 Å². The topological polar surface area (TPSA) is 58.6 Å². The fourth-order valence-corrected chi connectivity index (χ4v) is 2.56. The minimum atomic E-state index is -0.344. The second kappa shape index (κ2) is 6.35. The molecule has 1 atom stereocenters. The van der Waals surface area contributed by atoms with E-state index in [1.165, 1.54) is 7.11 Å². The highest BCUT2D eigenvalue weighted by Crippen LogP contribution is 2.35. The van der Waals surface area contributed by atoms with E-state index in [-0.39, 0.29) is 30.2 Å². The first kappa shape index (κ1) is 15.6. The number of rotatable bonds is 4. The predicted octanol–water partition coefficient (Wildman–Crippen LogP) is 2.23. The Morgan fingerprint density at radius 1 is 1.48 bits per heavy atom. The molecule has 21 heavy (non-hydrogen) atoms. The van der Waals surface area contributed by atoms with Crippen molar-refractivity contribution in [1.82, 2.24) is 5.32 Å². The summed E-state index contributed by atoms with van der Waals surface area (Å²) in [5, 5.41) is 3.36. The number of halogens is 1. The summed E-state index contributed by atoms with van der Waals surface area (Å²) in [5.41, 5.74) is 0.606. The van der Waals surface area contributed by atoms with Crippen molar-refractivity contribution < 1.29 is 14.3 Å². The first-order chi connectivity index (χ1) is 9.92. The molecule has 1 aromatic rings. The molecule has 0 aromatic heterocycles. The van der Waals surface area contributed by atoms with Gasteiger partial charge in [0.15, 0.2) is 0 Å². The third kappa shape index (κ3) is 3.47. The molecule has 2 rings (SSSR count). The third-order valence-corrected chi connectivity index (χ3v) is 3.59. The zero-order valence-electron chi connectivity index (χ0n) is 12.4. The monoisotopic (exact) mass is 310 g/mol. The molecular weight excluding hydrogens is 292 g/mol. The van der Waals surface area contributed by atoms with Crippen LogP contribution in [-0.2, 0) is 9.59 Å². The molecule has 1 N–H and O–H groups in total. The number of nitrogens with one attached hydrogen (secondary N) is 1. The van der Waals surface area contributed by atoms with E-state index in [2.05, 4.69) is 5.32 Å². The maximum atomic E-state index is 12.2. The molecule has 0 spiro atoms. The Bertz CT molecular complexity index is 560. The minimum Gasteiger partial charge on any atom is -0.495 e. The van der Waals surface area contributed by atoms with Crippen molar-refractivity contribution in [2.24, 2.45) is 5.92 Å². The highest BCUT2D eigenvalue weighted by Gasteiger charge is 2.36. The van der Waals surface area contributed by atoms with Gasteiger partial charge in [-0.3, -0.25) is 9.59 Å². The Hall–Kier alpha value is -1.75. The smallest absolute Gasteiger partial charge is 0.227 e. The van der Waals surface area contributed by atoms with Gasteiger partial charge in [-0.05, 0) is 32.0 Å². The highest BCUT2D eigenvalue weighted by atomic mass is 35.5. The van der Waals surface area contributed by atoms with Crippen LogP contribution in [0.5, 0.6) is 5.75 Å². The van der Waals surface area contributed by atoms with Gasteiger partial charge < -0.3 is 15.0 Å². The molecule has 1 aliphatic rings. The number of methoxy groups -OCH3 is 1. The SMILES string of the molecule is COc1ccc(Cl)cc1N1CC(C(=O)NC(C)C)CC1=O. The summed E-state index contributed by atoms with van der Waals surface area (Å²) in [6, 6.07) is 5.16. The summed E-state index contributed by atoms with van der Waals surface area (Å²) in [4.78, 5) is 25.8. The summed E-state index contributed by atoms with van der Waals surface area (Å²) in [6.07, 6.45) is 0.203. The lowest BCUT2D eigenvalue weighted by atomic mass is 10.1. The molecule has 1 fully saturated rings. The van der Waals surface area contributed by atoms with Gasteiger partial charge >= 0.3 is 0 Å². The Morgan fingerprint density at radius 2 is 2.19 bits per heavy atom. The van der Waals surface area contributed by atoms with E-state index >= 15 is 0 Å². The standard InChI is InChI=1S/C15H19ClN2O3/c1-9(2)17-15(20)10-6-14(19)18(8-10)12-7-11(16)4-5-13(12)21-3/h4-5,7,9-10H,6,8H2,1-3H3,(H,17,20). The van der Waals surface area contributed by atoms with Crippen molar-refractivity contribution in [1.29, 1.82) is 0 Å². The van der Waals surface area contributed by atoms with Gasteiger partial charge in [0.25, 0.3) is 0 Å². The van der Waals surface area contributed by atoms with E-state index in [0.29, 0.717) is 23.0 Å². The van der Waals surface area contributed by atoms with Gasteiger partial charge in [0.2, 0.25) is 11.8 Å². The molecule has 1 aliphatic heterocycles. The maximum Gasteiger partial charge on any atom is 0.227 e. The van der Waals surface area contributed by atoms with Crippen molar-refractivity contribution in [2.75, 3.05) is 18.6 Å². The van der Waals surface area contributed by atoms with Crippen molar-refractivity contribution in [3.63, 3.8) is 0 Å². The molecule has 6 heteroatoms. The average molecular weight is 311 g/mol. The molecule has 1 saturated heterocycles. The number of benzene rings is 1. The van der Waals surface area contributed by atoms with Gasteiger partial charge in [0.1, 0.15) is 5.75 Å². The van der Waals surface area contributed by atoms with Crippen LogP contribution in [0.2, 0.25) is 5.02 Å². The Morgan fingerprint density at radius 3 is 2.81 bits per heavy atom. The second-order valence-electron chi connectivity index (χ2n) is 5.38. The quantitative estimate of drug-likeness (QED) is 0.927. The molecule has 0 saturated carbocycles. The lowest BCUT2D eigenvalue weighted by molar-refractivity contribution is -0.126. The van der Waals surface area contributed by atoms with Crippen LogP contribution in [0, 0.1) is 5.92 Å². The number of hydrogen-bond donors (Lipinski definition) is 1. The average Bonchev–Trinajstić information content (AvgIpc) is 2.80. The van der Waals surface area contributed by atoms with Crippen LogP contribution in [0.1, 0.15) is 20.3 Å². The lowest BCUT2D eigenvalue weighted by Gasteiger charge is -2.20. The molecule has 1 unspecified atom stereocenters. The maximum absolute atomic E-state index is 12.2.